The highest BCUT2D eigenvalue weighted by molar-refractivity contribution is 6.29. The fourth-order valence-electron chi connectivity index (χ4n) is 1.53. The maximum Gasteiger partial charge on any atom is 0.256 e. The topological polar surface area (TPSA) is 54.9 Å². The first kappa shape index (κ1) is 13.4. The quantitative estimate of drug-likeness (QED) is 0.879. The summed E-state index contributed by atoms with van der Waals surface area (Å²) in [6.45, 7) is 1.91. The zero-order chi connectivity index (χ0) is 13.8. The molecule has 0 bridgehead atoms. The van der Waals surface area contributed by atoms with Gasteiger partial charge in [0.15, 0.2) is 0 Å². The Bertz CT molecular complexity index is 619. The number of carbonyl (C=O) groups excluding carboxylic acids is 1. The van der Waals surface area contributed by atoms with Gasteiger partial charge in [-0.1, -0.05) is 24.6 Å². The third kappa shape index (κ3) is 3.48. The minimum absolute atomic E-state index is 0.149. The third-order valence-electron chi connectivity index (χ3n) is 2.43. The number of amides is 1. The molecule has 6 heteroatoms. The fourth-order valence-corrected chi connectivity index (χ4v) is 1.76. The van der Waals surface area contributed by atoms with Gasteiger partial charge in [0.05, 0.1) is 0 Å². The van der Waals surface area contributed by atoms with Crippen molar-refractivity contribution in [1.29, 1.82) is 0 Å². The summed E-state index contributed by atoms with van der Waals surface area (Å²) in [5.74, 6) is -0.909. The van der Waals surface area contributed by atoms with Crippen LogP contribution >= 0.6 is 11.6 Å². The van der Waals surface area contributed by atoms with Crippen LogP contribution in [0.25, 0.3) is 0 Å². The van der Waals surface area contributed by atoms with Crippen molar-refractivity contribution >= 4 is 23.3 Å². The molecule has 0 radical (unpaired) electrons. The summed E-state index contributed by atoms with van der Waals surface area (Å²) in [6, 6.07) is 7.27. The van der Waals surface area contributed by atoms with E-state index in [1.807, 2.05) is 6.92 Å². The van der Waals surface area contributed by atoms with Gasteiger partial charge in [0, 0.05) is 11.3 Å². The smallest absolute Gasteiger partial charge is 0.256 e. The Morgan fingerprint density at radius 1 is 1.37 bits per heavy atom. The van der Waals surface area contributed by atoms with Crippen LogP contribution in [0, 0.1) is 5.95 Å². The Hall–Kier alpha value is -2.01. The molecule has 2 aromatic heterocycles. The molecule has 98 valence electrons. The fraction of sp³-hybridized carbons (Fsp3) is 0.154. The highest BCUT2D eigenvalue weighted by atomic mass is 35.5. The molecule has 1 amide bonds. The number of aryl methyl sites for hydroxylation is 1. The molecule has 0 saturated heterocycles. The highest BCUT2D eigenvalue weighted by Gasteiger charge is 2.10. The second kappa shape index (κ2) is 5.75. The molecule has 0 aliphatic rings. The molecule has 0 spiro atoms. The first-order chi connectivity index (χ1) is 9.08. The summed E-state index contributed by atoms with van der Waals surface area (Å²) in [7, 11) is 0. The molecule has 0 aromatic carbocycles. The second-order valence-corrected chi connectivity index (χ2v) is 4.21. The van der Waals surface area contributed by atoms with Crippen LogP contribution < -0.4 is 5.32 Å². The van der Waals surface area contributed by atoms with E-state index >= 15 is 0 Å². The SMILES string of the molecule is CCc1cc(C(=O)Nc2cccc(F)n2)cc(Cl)n1. The van der Waals surface area contributed by atoms with Crippen molar-refractivity contribution in [3.63, 3.8) is 0 Å². The van der Waals surface area contributed by atoms with Crippen LogP contribution in [-0.2, 0) is 6.42 Å². The Labute approximate surface area is 114 Å². The van der Waals surface area contributed by atoms with E-state index in [1.54, 1.807) is 6.07 Å². The Morgan fingerprint density at radius 3 is 2.84 bits per heavy atom. The van der Waals surface area contributed by atoms with E-state index in [1.165, 1.54) is 24.3 Å². The van der Waals surface area contributed by atoms with Gasteiger partial charge in [-0.3, -0.25) is 4.79 Å². The van der Waals surface area contributed by atoms with Gasteiger partial charge in [0.1, 0.15) is 11.0 Å². The van der Waals surface area contributed by atoms with Gasteiger partial charge < -0.3 is 5.32 Å². The lowest BCUT2D eigenvalue weighted by atomic mass is 10.2. The molecule has 0 saturated carbocycles. The minimum atomic E-state index is -0.653. The van der Waals surface area contributed by atoms with Gasteiger partial charge in [-0.05, 0) is 30.7 Å². The lowest BCUT2D eigenvalue weighted by molar-refractivity contribution is 0.102. The molecule has 2 aromatic rings. The van der Waals surface area contributed by atoms with E-state index in [2.05, 4.69) is 15.3 Å². The molecule has 0 fully saturated rings. The number of anilines is 1. The van der Waals surface area contributed by atoms with Gasteiger partial charge in [-0.25, -0.2) is 9.97 Å². The summed E-state index contributed by atoms with van der Waals surface area (Å²) < 4.78 is 12.9. The van der Waals surface area contributed by atoms with E-state index < -0.39 is 11.9 Å². The van der Waals surface area contributed by atoms with Gasteiger partial charge >= 0.3 is 0 Å². The van der Waals surface area contributed by atoms with Crippen LogP contribution in [0.5, 0.6) is 0 Å². The number of nitrogens with one attached hydrogen (secondary N) is 1. The maximum absolute atomic E-state index is 12.9. The number of aromatic nitrogens is 2. The summed E-state index contributed by atoms with van der Waals surface area (Å²) >= 11 is 5.83. The number of halogens is 2. The molecular formula is C13H11ClFN3O. The number of rotatable bonds is 3. The van der Waals surface area contributed by atoms with Gasteiger partial charge in [-0.15, -0.1) is 0 Å². The Balaban J connectivity index is 2.22. The Morgan fingerprint density at radius 2 is 2.16 bits per heavy atom. The summed E-state index contributed by atoms with van der Waals surface area (Å²) in [4.78, 5) is 19.6. The van der Waals surface area contributed by atoms with Crippen molar-refractivity contribution in [2.24, 2.45) is 0 Å². The van der Waals surface area contributed by atoms with E-state index in [0.717, 1.165) is 0 Å². The standard InChI is InChI=1S/C13H11ClFN3O/c1-2-9-6-8(7-10(14)16-9)13(19)18-12-5-3-4-11(15)17-12/h3-7H,2H2,1H3,(H,17,18,19). The molecule has 0 aliphatic heterocycles. The average Bonchev–Trinajstić information content (AvgIpc) is 2.38. The van der Waals surface area contributed by atoms with Crippen molar-refractivity contribution in [3.05, 3.63) is 52.7 Å². The van der Waals surface area contributed by atoms with Crippen molar-refractivity contribution in [1.82, 2.24) is 9.97 Å². The number of carbonyl (C=O) groups is 1. The molecule has 0 aliphatic carbocycles. The molecule has 2 heterocycles. The van der Waals surface area contributed by atoms with E-state index in [9.17, 15) is 9.18 Å². The zero-order valence-corrected chi connectivity index (χ0v) is 10.9. The van der Waals surface area contributed by atoms with E-state index in [-0.39, 0.29) is 11.0 Å². The number of hydrogen-bond donors (Lipinski definition) is 1. The van der Waals surface area contributed by atoms with Crippen molar-refractivity contribution in [3.8, 4) is 0 Å². The van der Waals surface area contributed by atoms with Gasteiger partial charge in [-0.2, -0.15) is 4.39 Å². The summed E-state index contributed by atoms with van der Waals surface area (Å²) in [5, 5.41) is 2.75. The molecule has 19 heavy (non-hydrogen) atoms. The van der Waals surface area contributed by atoms with Crippen molar-refractivity contribution in [2.45, 2.75) is 13.3 Å². The Kier molecular flexibility index (Phi) is 4.06. The summed E-state index contributed by atoms with van der Waals surface area (Å²) in [5.41, 5.74) is 1.08. The first-order valence-corrected chi connectivity index (χ1v) is 6.06. The van der Waals surface area contributed by atoms with Crippen molar-refractivity contribution in [2.75, 3.05) is 5.32 Å². The number of pyridine rings is 2. The van der Waals surface area contributed by atoms with Crippen molar-refractivity contribution < 1.29 is 9.18 Å². The lowest BCUT2D eigenvalue weighted by Crippen LogP contribution is -2.14. The number of hydrogen-bond acceptors (Lipinski definition) is 3. The van der Waals surface area contributed by atoms with E-state index in [4.69, 9.17) is 11.6 Å². The molecule has 0 atom stereocenters. The van der Waals surface area contributed by atoms with Crippen LogP contribution in [0.1, 0.15) is 23.0 Å². The molecule has 2 rings (SSSR count). The van der Waals surface area contributed by atoms with Gasteiger partial charge in [0.25, 0.3) is 5.91 Å². The molecular weight excluding hydrogens is 269 g/mol. The normalized spacial score (nSPS) is 10.3. The predicted octanol–water partition coefficient (Wildman–Crippen LogP) is 3.08. The average molecular weight is 280 g/mol. The van der Waals surface area contributed by atoms with Crippen LogP contribution in [-0.4, -0.2) is 15.9 Å². The summed E-state index contributed by atoms with van der Waals surface area (Å²) in [6.07, 6.45) is 0.666. The van der Waals surface area contributed by atoms with Crippen LogP contribution in [0.3, 0.4) is 0 Å². The minimum Gasteiger partial charge on any atom is -0.306 e. The van der Waals surface area contributed by atoms with Crippen LogP contribution in [0.15, 0.2) is 30.3 Å². The lowest BCUT2D eigenvalue weighted by Gasteiger charge is -2.06. The molecule has 1 N–H and O–H groups in total. The second-order valence-electron chi connectivity index (χ2n) is 3.82. The van der Waals surface area contributed by atoms with E-state index in [0.29, 0.717) is 17.7 Å². The highest BCUT2D eigenvalue weighted by Crippen LogP contribution is 2.13. The zero-order valence-electron chi connectivity index (χ0n) is 10.2. The largest absolute Gasteiger partial charge is 0.306 e. The van der Waals surface area contributed by atoms with Crippen LogP contribution in [0.4, 0.5) is 10.2 Å². The number of nitrogens with zero attached hydrogens (tertiary/aromatic N) is 2. The first-order valence-electron chi connectivity index (χ1n) is 5.69. The third-order valence-corrected chi connectivity index (χ3v) is 2.62. The monoisotopic (exact) mass is 279 g/mol. The molecule has 4 nitrogen and oxygen atoms in total. The molecule has 0 unspecified atom stereocenters. The predicted molar refractivity (Wildman–Crippen MR) is 70.8 cm³/mol. The van der Waals surface area contributed by atoms with Crippen LogP contribution in [0.2, 0.25) is 5.15 Å². The van der Waals surface area contributed by atoms with Gasteiger partial charge in [0.2, 0.25) is 5.95 Å². The maximum atomic E-state index is 12.9.